The highest BCUT2D eigenvalue weighted by molar-refractivity contribution is 9.10. The van der Waals surface area contributed by atoms with Gasteiger partial charge in [-0.3, -0.25) is 9.59 Å². The van der Waals surface area contributed by atoms with Crippen LogP contribution in [0.15, 0.2) is 27.3 Å². The van der Waals surface area contributed by atoms with Crippen LogP contribution >= 0.6 is 15.9 Å². The van der Waals surface area contributed by atoms with E-state index in [9.17, 15) is 9.59 Å². The fourth-order valence-electron chi connectivity index (χ4n) is 1.19. The lowest BCUT2D eigenvalue weighted by Gasteiger charge is -2.15. The van der Waals surface area contributed by atoms with Crippen molar-refractivity contribution in [3.63, 3.8) is 0 Å². The van der Waals surface area contributed by atoms with Gasteiger partial charge in [-0.2, -0.15) is 0 Å². The van der Waals surface area contributed by atoms with E-state index < -0.39 is 5.97 Å². The number of carboxylic acid groups (broad SMARTS) is 1. The molecule has 0 saturated carbocycles. The molecule has 0 bridgehead atoms. The van der Waals surface area contributed by atoms with Gasteiger partial charge in [0.1, 0.15) is 12.3 Å². The summed E-state index contributed by atoms with van der Waals surface area (Å²) in [6.07, 6.45) is 2.79. The number of halogens is 1. The molecule has 5 nitrogen and oxygen atoms in total. The Kier molecular flexibility index (Phi) is 4.96. The quantitative estimate of drug-likeness (QED) is 0.844. The highest BCUT2D eigenvalue weighted by Gasteiger charge is 2.11. The van der Waals surface area contributed by atoms with Gasteiger partial charge in [0.2, 0.25) is 5.91 Å². The van der Waals surface area contributed by atoms with Gasteiger partial charge >= 0.3 is 5.97 Å². The second-order valence-electron chi connectivity index (χ2n) is 3.22. The molecule has 1 rings (SSSR count). The molecule has 0 atom stereocenters. The number of nitrogens with zero attached hydrogens (tertiary/aromatic N) is 1. The predicted molar refractivity (Wildman–Crippen MR) is 65.3 cm³/mol. The lowest BCUT2D eigenvalue weighted by molar-refractivity contribution is -0.142. The highest BCUT2D eigenvalue weighted by Crippen LogP contribution is 2.15. The molecule has 17 heavy (non-hydrogen) atoms. The van der Waals surface area contributed by atoms with Crippen molar-refractivity contribution >= 4 is 33.9 Å². The molecule has 1 amide bonds. The number of aliphatic carboxylic acids is 1. The molecule has 0 fully saturated rings. The average Bonchev–Trinajstić information content (AvgIpc) is 2.68. The number of rotatable bonds is 5. The minimum Gasteiger partial charge on any atom is -0.480 e. The van der Waals surface area contributed by atoms with Crippen LogP contribution < -0.4 is 0 Å². The van der Waals surface area contributed by atoms with Crippen molar-refractivity contribution < 1.29 is 19.1 Å². The number of carboxylic acids is 1. The maximum Gasteiger partial charge on any atom is 0.323 e. The molecule has 1 aromatic heterocycles. The van der Waals surface area contributed by atoms with Gasteiger partial charge in [0, 0.05) is 12.6 Å². The predicted octanol–water partition coefficient (Wildman–Crippen LogP) is 1.99. The van der Waals surface area contributed by atoms with Crippen LogP contribution in [0.2, 0.25) is 0 Å². The van der Waals surface area contributed by atoms with Crippen LogP contribution in [0.25, 0.3) is 6.08 Å². The van der Waals surface area contributed by atoms with Gasteiger partial charge in [-0.05, 0) is 41.1 Å². The number of hydrogen-bond donors (Lipinski definition) is 1. The first kappa shape index (κ1) is 13.5. The minimum absolute atomic E-state index is 0.304. The smallest absolute Gasteiger partial charge is 0.323 e. The molecule has 1 aromatic rings. The third kappa shape index (κ3) is 4.44. The van der Waals surface area contributed by atoms with Gasteiger partial charge in [0.25, 0.3) is 0 Å². The molecular formula is C11H12BrNO4. The molecule has 0 saturated heterocycles. The van der Waals surface area contributed by atoms with Crippen molar-refractivity contribution in [2.24, 2.45) is 0 Å². The van der Waals surface area contributed by atoms with Crippen LogP contribution in [-0.2, 0) is 9.59 Å². The Morgan fingerprint density at radius 1 is 1.53 bits per heavy atom. The summed E-state index contributed by atoms with van der Waals surface area (Å²) in [5.74, 6) is -0.867. The number of hydrogen-bond acceptors (Lipinski definition) is 3. The van der Waals surface area contributed by atoms with Crippen LogP contribution in [0, 0.1) is 0 Å². The lowest BCUT2D eigenvalue weighted by Crippen LogP contribution is -2.34. The second-order valence-corrected chi connectivity index (χ2v) is 4.00. The van der Waals surface area contributed by atoms with Gasteiger partial charge in [0.05, 0.1) is 0 Å². The third-order valence-electron chi connectivity index (χ3n) is 2.00. The number of carbonyl (C=O) groups is 2. The number of likely N-dealkylation sites (N-methyl/N-ethyl adjacent to an activating group) is 1. The van der Waals surface area contributed by atoms with Crippen molar-refractivity contribution in [3.8, 4) is 0 Å². The van der Waals surface area contributed by atoms with Gasteiger partial charge in [-0.1, -0.05) is 0 Å². The Labute approximate surface area is 107 Å². The molecule has 0 aliphatic carbocycles. The zero-order valence-corrected chi connectivity index (χ0v) is 10.8. The van der Waals surface area contributed by atoms with E-state index in [1.54, 1.807) is 19.1 Å². The summed E-state index contributed by atoms with van der Waals surface area (Å²) < 4.78 is 5.74. The normalized spacial score (nSPS) is 10.7. The number of carbonyl (C=O) groups excluding carboxylic acids is 1. The summed E-state index contributed by atoms with van der Waals surface area (Å²) >= 11 is 3.14. The summed E-state index contributed by atoms with van der Waals surface area (Å²) in [5.41, 5.74) is 0. The lowest BCUT2D eigenvalue weighted by atomic mass is 10.3. The maximum atomic E-state index is 11.6. The second kappa shape index (κ2) is 6.24. The van der Waals surface area contributed by atoms with Gasteiger partial charge in [0.15, 0.2) is 4.67 Å². The van der Waals surface area contributed by atoms with E-state index in [2.05, 4.69) is 15.9 Å². The summed E-state index contributed by atoms with van der Waals surface area (Å²) in [7, 11) is 0. The fraction of sp³-hybridized carbons (Fsp3) is 0.273. The van der Waals surface area contributed by atoms with E-state index in [4.69, 9.17) is 9.52 Å². The van der Waals surface area contributed by atoms with Crippen LogP contribution in [0.1, 0.15) is 12.7 Å². The summed E-state index contributed by atoms with van der Waals surface area (Å²) in [6.45, 7) is 1.76. The average molecular weight is 302 g/mol. The van der Waals surface area contributed by atoms with Crippen LogP contribution in [0.4, 0.5) is 0 Å². The van der Waals surface area contributed by atoms with Crippen molar-refractivity contribution in [2.75, 3.05) is 13.1 Å². The molecule has 0 radical (unpaired) electrons. The standard InChI is InChI=1S/C11H12BrNO4/c1-2-13(7-11(15)16)10(14)6-4-8-3-5-9(12)17-8/h3-6H,2,7H2,1H3,(H,15,16)/b6-4+. The van der Waals surface area contributed by atoms with Gasteiger partial charge < -0.3 is 14.4 Å². The van der Waals surface area contributed by atoms with Gasteiger partial charge in [-0.15, -0.1) is 0 Å². The third-order valence-corrected chi connectivity index (χ3v) is 2.43. The fourth-order valence-corrected chi connectivity index (χ4v) is 1.50. The largest absolute Gasteiger partial charge is 0.480 e. The van der Waals surface area contributed by atoms with Crippen LogP contribution in [0.3, 0.4) is 0 Å². The number of amides is 1. The SMILES string of the molecule is CCN(CC(=O)O)C(=O)/C=C/c1ccc(Br)o1. The molecule has 92 valence electrons. The van der Waals surface area contributed by atoms with Crippen LogP contribution in [0.5, 0.6) is 0 Å². The first-order chi connectivity index (χ1) is 8.02. The Balaban J connectivity index is 2.63. The number of furan rings is 1. The molecule has 0 aliphatic rings. The Morgan fingerprint density at radius 3 is 2.71 bits per heavy atom. The van der Waals surface area contributed by atoms with Gasteiger partial charge in [-0.25, -0.2) is 0 Å². The molecule has 1 heterocycles. The van der Waals surface area contributed by atoms with E-state index in [1.165, 1.54) is 17.1 Å². The molecule has 6 heteroatoms. The monoisotopic (exact) mass is 301 g/mol. The Morgan fingerprint density at radius 2 is 2.24 bits per heavy atom. The zero-order valence-electron chi connectivity index (χ0n) is 9.22. The summed E-state index contributed by atoms with van der Waals surface area (Å²) in [6, 6.07) is 3.40. The summed E-state index contributed by atoms with van der Waals surface area (Å²) in [4.78, 5) is 23.3. The summed E-state index contributed by atoms with van der Waals surface area (Å²) in [5, 5.41) is 8.61. The van der Waals surface area contributed by atoms with E-state index in [0.29, 0.717) is 17.0 Å². The van der Waals surface area contributed by atoms with Crippen LogP contribution in [-0.4, -0.2) is 35.0 Å². The Bertz CT molecular complexity index is 438. The highest BCUT2D eigenvalue weighted by atomic mass is 79.9. The molecule has 1 N–H and O–H groups in total. The molecular weight excluding hydrogens is 290 g/mol. The van der Waals surface area contributed by atoms with E-state index in [0.717, 1.165) is 0 Å². The van der Waals surface area contributed by atoms with E-state index >= 15 is 0 Å². The van der Waals surface area contributed by atoms with Crippen molar-refractivity contribution in [1.29, 1.82) is 0 Å². The van der Waals surface area contributed by atoms with Crippen molar-refractivity contribution in [2.45, 2.75) is 6.92 Å². The first-order valence-electron chi connectivity index (χ1n) is 4.97. The minimum atomic E-state index is -1.03. The van der Waals surface area contributed by atoms with E-state index in [-0.39, 0.29) is 12.5 Å². The Hall–Kier alpha value is -1.56. The van der Waals surface area contributed by atoms with E-state index in [1.807, 2.05) is 0 Å². The van der Waals surface area contributed by atoms with Crippen molar-refractivity contribution in [1.82, 2.24) is 4.90 Å². The zero-order chi connectivity index (χ0) is 12.8. The topological polar surface area (TPSA) is 70.8 Å². The molecule has 0 unspecified atom stereocenters. The molecule has 0 spiro atoms. The van der Waals surface area contributed by atoms with Crippen molar-refractivity contribution in [3.05, 3.63) is 28.6 Å². The maximum absolute atomic E-state index is 11.6. The molecule has 0 aliphatic heterocycles. The first-order valence-corrected chi connectivity index (χ1v) is 5.76. The molecule has 0 aromatic carbocycles.